The summed E-state index contributed by atoms with van der Waals surface area (Å²) < 4.78 is 19.3. The van der Waals surface area contributed by atoms with Gasteiger partial charge in [0.2, 0.25) is 0 Å². The summed E-state index contributed by atoms with van der Waals surface area (Å²) in [6.45, 7) is 4.29. The minimum Gasteiger partial charge on any atom is -0.455 e. The lowest BCUT2D eigenvalue weighted by molar-refractivity contribution is -0.0516. The van der Waals surface area contributed by atoms with Crippen molar-refractivity contribution in [1.29, 1.82) is 0 Å². The molecule has 1 saturated carbocycles. The second-order valence-electron chi connectivity index (χ2n) is 6.15. The second kappa shape index (κ2) is 4.34. The number of rotatable bonds is 1. The monoisotopic (exact) mass is 262 g/mol. The number of aliphatic hydroxyl groups is 1. The van der Waals surface area contributed by atoms with E-state index < -0.39 is 5.60 Å². The number of hydrogen-bond donors (Lipinski definition) is 1. The van der Waals surface area contributed by atoms with Gasteiger partial charge < -0.3 is 9.52 Å². The molecule has 1 heterocycles. The van der Waals surface area contributed by atoms with E-state index in [0.717, 1.165) is 6.42 Å². The summed E-state index contributed by atoms with van der Waals surface area (Å²) in [6, 6.07) is 6.63. The summed E-state index contributed by atoms with van der Waals surface area (Å²) in [6.07, 6.45) is 2.48. The Morgan fingerprint density at radius 2 is 1.95 bits per heavy atom. The van der Waals surface area contributed by atoms with E-state index in [-0.39, 0.29) is 11.4 Å². The van der Waals surface area contributed by atoms with Crippen LogP contribution >= 0.6 is 0 Å². The zero-order valence-corrected chi connectivity index (χ0v) is 11.3. The molecule has 0 radical (unpaired) electrons. The molecule has 2 nitrogen and oxygen atoms in total. The molecule has 0 amide bonds. The molecule has 1 aromatic carbocycles. The van der Waals surface area contributed by atoms with Crippen LogP contribution < -0.4 is 0 Å². The molecule has 2 atom stereocenters. The highest BCUT2D eigenvalue weighted by Gasteiger charge is 2.40. The van der Waals surface area contributed by atoms with E-state index in [0.29, 0.717) is 35.8 Å². The van der Waals surface area contributed by atoms with Crippen molar-refractivity contribution in [1.82, 2.24) is 0 Å². The van der Waals surface area contributed by atoms with Crippen molar-refractivity contribution in [3.8, 4) is 0 Å². The smallest absolute Gasteiger partial charge is 0.170 e. The summed E-state index contributed by atoms with van der Waals surface area (Å²) in [5, 5.41) is 11.6. The van der Waals surface area contributed by atoms with Gasteiger partial charge in [0.25, 0.3) is 0 Å². The third-order valence-electron chi connectivity index (χ3n) is 4.13. The van der Waals surface area contributed by atoms with Gasteiger partial charge in [-0.05, 0) is 43.2 Å². The minimum absolute atomic E-state index is 0.247. The highest BCUT2D eigenvalue weighted by Crippen LogP contribution is 2.44. The SMILES string of the molecule is CC1CC(C)CC(O)(c2cc3cccc(F)c3o2)C1. The maximum absolute atomic E-state index is 13.7. The first-order valence-electron chi connectivity index (χ1n) is 6.89. The molecule has 0 spiro atoms. The van der Waals surface area contributed by atoms with Crippen LogP contribution in [0.15, 0.2) is 28.7 Å². The molecule has 0 bridgehead atoms. The predicted molar refractivity (Wildman–Crippen MR) is 72.2 cm³/mol. The second-order valence-corrected chi connectivity index (χ2v) is 6.15. The van der Waals surface area contributed by atoms with Gasteiger partial charge in [-0.1, -0.05) is 26.0 Å². The van der Waals surface area contributed by atoms with E-state index in [1.54, 1.807) is 12.1 Å². The Morgan fingerprint density at radius 3 is 2.58 bits per heavy atom. The van der Waals surface area contributed by atoms with Crippen molar-refractivity contribution in [2.75, 3.05) is 0 Å². The van der Waals surface area contributed by atoms with Crippen LogP contribution in [-0.2, 0) is 5.60 Å². The number of para-hydroxylation sites is 1. The molecule has 102 valence electrons. The third kappa shape index (κ3) is 2.16. The Hall–Kier alpha value is -1.35. The van der Waals surface area contributed by atoms with E-state index in [1.807, 2.05) is 6.07 Å². The fourth-order valence-electron chi connectivity index (χ4n) is 3.55. The molecule has 1 aliphatic carbocycles. The van der Waals surface area contributed by atoms with E-state index in [9.17, 15) is 9.50 Å². The Bertz CT molecular complexity index is 592. The molecule has 2 unspecified atom stereocenters. The fourth-order valence-corrected chi connectivity index (χ4v) is 3.55. The van der Waals surface area contributed by atoms with Crippen LogP contribution in [0.5, 0.6) is 0 Å². The van der Waals surface area contributed by atoms with Gasteiger partial charge in [0, 0.05) is 5.39 Å². The lowest BCUT2D eigenvalue weighted by Gasteiger charge is -2.37. The molecule has 19 heavy (non-hydrogen) atoms. The van der Waals surface area contributed by atoms with Gasteiger partial charge >= 0.3 is 0 Å². The van der Waals surface area contributed by atoms with Crippen molar-refractivity contribution in [3.63, 3.8) is 0 Å². The first-order chi connectivity index (χ1) is 8.98. The maximum Gasteiger partial charge on any atom is 0.170 e. The van der Waals surface area contributed by atoms with Gasteiger partial charge in [0.1, 0.15) is 11.4 Å². The molecule has 1 aliphatic rings. The largest absolute Gasteiger partial charge is 0.455 e. The van der Waals surface area contributed by atoms with Crippen LogP contribution in [0.3, 0.4) is 0 Å². The molecule has 3 rings (SSSR count). The molecular weight excluding hydrogens is 243 g/mol. The normalized spacial score (nSPS) is 31.8. The molecule has 0 saturated heterocycles. The van der Waals surface area contributed by atoms with Crippen LogP contribution in [-0.4, -0.2) is 5.11 Å². The number of benzene rings is 1. The average Bonchev–Trinajstić information content (AvgIpc) is 2.73. The zero-order valence-electron chi connectivity index (χ0n) is 11.3. The van der Waals surface area contributed by atoms with Gasteiger partial charge in [0.05, 0.1) is 0 Å². The molecular formula is C16H19FO2. The van der Waals surface area contributed by atoms with Crippen molar-refractivity contribution < 1.29 is 13.9 Å². The summed E-state index contributed by atoms with van der Waals surface area (Å²) in [5.74, 6) is 1.04. The first kappa shape index (κ1) is 12.7. The van der Waals surface area contributed by atoms with E-state index in [1.165, 1.54) is 6.07 Å². The lowest BCUT2D eigenvalue weighted by Crippen LogP contribution is -2.35. The molecule has 1 fully saturated rings. The number of halogens is 1. The van der Waals surface area contributed by atoms with Gasteiger partial charge in [-0.15, -0.1) is 0 Å². The maximum atomic E-state index is 13.7. The van der Waals surface area contributed by atoms with E-state index in [2.05, 4.69) is 13.8 Å². The Kier molecular flexibility index (Phi) is 2.90. The van der Waals surface area contributed by atoms with Crippen LogP contribution in [0.4, 0.5) is 4.39 Å². The average molecular weight is 262 g/mol. The molecule has 3 heteroatoms. The summed E-state index contributed by atoms with van der Waals surface area (Å²) in [7, 11) is 0. The van der Waals surface area contributed by atoms with Crippen molar-refractivity contribution in [2.24, 2.45) is 11.8 Å². The molecule has 1 N–H and O–H groups in total. The Balaban J connectivity index is 2.05. The molecule has 2 aromatic rings. The standard InChI is InChI=1S/C16H19FO2/c1-10-6-11(2)9-16(18,8-10)14-7-12-4-3-5-13(17)15(12)19-14/h3-5,7,10-11,18H,6,8-9H2,1-2H3. The molecule has 1 aromatic heterocycles. The van der Waals surface area contributed by atoms with Gasteiger partial charge in [-0.3, -0.25) is 0 Å². The van der Waals surface area contributed by atoms with Crippen LogP contribution in [0.2, 0.25) is 0 Å². The van der Waals surface area contributed by atoms with Crippen molar-refractivity contribution in [3.05, 3.63) is 35.8 Å². The summed E-state index contributed by atoms with van der Waals surface area (Å²) in [5.41, 5.74) is -0.709. The number of furan rings is 1. The Morgan fingerprint density at radius 1 is 1.26 bits per heavy atom. The molecule has 0 aliphatic heterocycles. The van der Waals surface area contributed by atoms with Crippen LogP contribution in [0.1, 0.15) is 38.9 Å². The lowest BCUT2D eigenvalue weighted by atomic mass is 9.73. The first-order valence-corrected chi connectivity index (χ1v) is 6.89. The minimum atomic E-state index is -0.956. The topological polar surface area (TPSA) is 33.4 Å². The highest BCUT2D eigenvalue weighted by atomic mass is 19.1. The number of fused-ring (bicyclic) bond motifs is 1. The van der Waals surface area contributed by atoms with Crippen molar-refractivity contribution >= 4 is 11.0 Å². The van der Waals surface area contributed by atoms with Gasteiger partial charge in [-0.2, -0.15) is 0 Å². The predicted octanol–water partition coefficient (Wildman–Crippen LogP) is 4.22. The third-order valence-corrected chi connectivity index (χ3v) is 4.13. The summed E-state index contributed by atoms with van der Waals surface area (Å²) in [4.78, 5) is 0. The highest BCUT2D eigenvalue weighted by molar-refractivity contribution is 5.78. The van der Waals surface area contributed by atoms with Gasteiger partial charge in [-0.25, -0.2) is 4.39 Å². The zero-order chi connectivity index (χ0) is 13.6. The van der Waals surface area contributed by atoms with E-state index in [4.69, 9.17) is 4.42 Å². The summed E-state index contributed by atoms with van der Waals surface area (Å²) >= 11 is 0. The Labute approximate surface area is 112 Å². The van der Waals surface area contributed by atoms with Crippen molar-refractivity contribution in [2.45, 2.75) is 38.7 Å². The van der Waals surface area contributed by atoms with Gasteiger partial charge in [0.15, 0.2) is 11.4 Å². The fraction of sp³-hybridized carbons (Fsp3) is 0.500. The van der Waals surface area contributed by atoms with Crippen LogP contribution in [0, 0.1) is 17.7 Å². The quantitative estimate of drug-likeness (QED) is 0.835. The number of hydrogen-bond acceptors (Lipinski definition) is 2. The van der Waals surface area contributed by atoms with Crippen LogP contribution in [0.25, 0.3) is 11.0 Å². The van der Waals surface area contributed by atoms with E-state index >= 15 is 0 Å².